The van der Waals surface area contributed by atoms with Crippen molar-refractivity contribution in [1.82, 2.24) is 19.5 Å². The van der Waals surface area contributed by atoms with Gasteiger partial charge in [-0.15, -0.1) is 0 Å². The summed E-state index contributed by atoms with van der Waals surface area (Å²) >= 11 is 0. The van der Waals surface area contributed by atoms with Crippen LogP contribution in [-0.2, 0) is 14.3 Å². The highest BCUT2D eigenvalue weighted by atomic mass is 16.6. The predicted octanol–water partition coefficient (Wildman–Crippen LogP) is 2.18. The van der Waals surface area contributed by atoms with Crippen LogP contribution in [0.2, 0.25) is 0 Å². The van der Waals surface area contributed by atoms with Gasteiger partial charge in [0.15, 0.2) is 17.0 Å². The smallest absolute Gasteiger partial charge is 0.302 e. The van der Waals surface area contributed by atoms with E-state index in [0.29, 0.717) is 34.4 Å². The molecule has 1 N–H and O–H groups in total. The van der Waals surface area contributed by atoms with Crippen LogP contribution in [-0.4, -0.2) is 44.1 Å². The van der Waals surface area contributed by atoms with Gasteiger partial charge in [0.1, 0.15) is 19.2 Å². The first-order valence-corrected chi connectivity index (χ1v) is 9.44. The molecule has 4 atom stereocenters. The minimum Gasteiger partial charge on any atom is -0.463 e. The number of nitrogens with zero attached hydrogens (tertiary/aromatic N) is 4. The van der Waals surface area contributed by atoms with Gasteiger partial charge in [-0.1, -0.05) is 18.2 Å². The van der Waals surface area contributed by atoms with Gasteiger partial charge >= 0.3 is 5.97 Å². The van der Waals surface area contributed by atoms with Crippen LogP contribution in [0.25, 0.3) is 11.2 Å². The van der Waals surface area contributed by atoms with E-state index in [1.807, 2.05) is 10.6 Å². The van der Waals surface area contributed by atoms with Crippen molar-refractivity contribution in [2.45, 2.75) is 25.7 Å². The molecule has 0 bridgehead atoms. The second-order valence-corrected chi connectivity index (χ2v) is 7.30. The lowest BCUT2D eigenvalue weighted by atomic mass is 10.2. The van der Waals surface area contributed by atoms with E-state index in [-0.39, 0.29) is 30.8 Å². The fourth-order valence-corrected chi connectivity index (χ4v) is 3.91. The summed E-state index contributed by atoms with van der Waals surface area (Å²) in [7, 11) is 0. The van der Waals surface area contributed by atoms with E-state index in [2.05, 4.69) is 20.3 Å². The van der Waals surface area contributed by atoms with Crippen LogP contribution in [0.4, 0.5) is 5.82 Å². The first-order valence-electron chi connectivity index (χ1n) is 9.44. The Morgan fingerprint density at radius 3 is 2.83 bits per heavy atom. The molecule has 2 fully saturated rings. The highest BCUT2D eigenvalue weighted by molar-refractivity contribution is 6.06. The number of ether oxygens (including phenoxy) is 2. The third-order valence-corrected chi connectivity index (χ3v) is 5.40. The molecular weight excluding hydrogens is 374 g/mol. The summed E-state index contributed by atoms with van der Waals surface area (Å²) in [6.07, 6.45) is 3.73. The number of nitrogens with one attached hydrogen (secondary N) is 1. The monoisotopic (exact) mass is 393 g/mol. The van der Waals surface area contributed by atoms with Crippen molar-refractivity contribution in [1.29, 1.82) is 0 Å². The van der Waals surface area contributed by atoms with Gasteiger partial charge in [0.25, 0.3) is 5.91 Å². The van der Waals surface area contributed by atoms with Crippen LogP contribution >= 0.6 is 0 Å². The summed E-state index contributed by atoms with van der Waals surface area (Å²) in [5.41, 5.74) is 1.63. The summed E-state index contributed by atoms with van der Waals surface area (Å²) in [4.78, 5) is 36.5. The average Bonchev–Trinajstić information content (AvgIpc) is 3.26. The quantitative estimate of drug-likeness (QED) is 0.662. The lowest BCUT2D eigenvalue weighted by molar-refractivity contribution is -0.147. The van der Waals surface area contributed by atoms with Crippen LogP contribution in [0, 0.1) is 11.8 Å². The van der Waals surface area contributed by atoms with Crippen molar-refractivity contribution < 1.29 is 19.1 Å². The number of hydrogen-bond acceptors (Lipinski definition) is 7. The largest absolute Gasteiger partial charge is 0.463 e. The van der Waals surface area contributed by atoms with Crippen LogP contribution in [0.5, 0.6) is 0 Å². The molecule has 9 nitrogen and oxygen atoms in total. The normalized spacial score (nSPS) is 24.9. The van der Waals surface area contributed by atoms with Crippen LogP contribution in [0.15, 0.2) is 43.0 Å². The zero-order valence-corrected chi connectivity index (χ0v) is 15.7. The fraction of sp³-hybridized carbons (Fsp3) is 0.350. The average molecular weight is 393 g/mol. The number of esters is 1. The summed E-state index contributed by atoms with van der Waals surface area (Å²) in [6, 6.07) is 8.91. The van der Waals surface area contributed by atoms with Crippen molar-refractivity contribution in [3.63, 3.8) is 0 Å². The van der Waals surface area contributed by atoms with Crippen molar-refractivity contribution in [2.75, 3.05) is 11.9 Å². The Labute approximate surface area is 166 Å². The van der Waals surface area contributed by atoms with Crippen molar-refractivity contribution >= 4 is 28.9 Å². The Morgan fingerprint density at radius 2 is 2.03 bits per heavy atom. The van der Waals surface area contributed by atoms with E-state index >= 15 is 0 Å². The van der Waals surface area contributed by atoms with Gasteiger partial charge in [-0.3, -0.25) is 14.2 Å². The van der Waals surface area contributed by atoms with E-state index in [1.54, 1.807) is 30.6 Å². The number of aromatic nitrogens is 4. The van der Waals surface area contributed by atoms with Gasteiger partial charge in [0.05, 0.1) is 12.4 Å². The lowest BCUT2D eigenvalue weighted by Gasteiger charge is -2.19. The van der Waals surface area contributed by atoms with Gasteiger partial charge in [-0.05, 0) is 24.5 Å². The van der Waals surface area contributed by atoms with Crippen LogP contribution < -0.4 is 5.32 Å². The molecular formula is C20H19N5O4. The number of benzene rings is 1. The van der Waals surface area contributed by atoms with Crippen molar-refractivity contribution in [3.05, 3.63) is 48.5 Å². The Bertz CT molecular complexity index is 1080. The molecule has 1 saturated carbocycles. The lowest BCUT2D eigenvalue weighted by Crippen LogP contribution is -2.22. The van der Waals surface area contributed by atoms with Crippen molar-refractivity contribution in [2.24, 2.45) is 11.8 Å². The van der Waals surface area contributed by atoms with Gasteiger partial charge in [-0.2, -0.15) is 0 Å². The number of rotatable bonds is 5. The second kappa shape index (κ2) is 6.93. The van der Waals surface area contributed by atoms with E-state index in [1.165, 1.54) is 13.3 Å². The third-order valence-electron chi connectivity index (χ3n) is 5.40. The Balaban J connectivity index is 1.38. The molecule has 1 saturated heterocycles. The Hall–Kier alpha value is -3.33. The standard InChI is InChI=1S/C20H19N5O4/c1-11(26)28-8-15-13-7-14(13)20(29-15)25-10-23-16-17(21-9-22-18(16)25)24-19(27)12-5-3-2-4-6-12/h2-6,9-10,13-15,20H,7-8H2,1H3,(H,21,22,24,27)/t13?,14-,15-,20-/m0/s1. The molecule has 0 spiro atoms. The van der Waals surface area contributed by atoms with Crippen LogP contribution in [0.1, 0.15) is 29.9 Å². The first kappa shape index (κ1) is 17.7. The predicted molar refractivity (Wildman–Crippen MR) is 102 cm³/mol. The summed E-state index contributed by atoms with van der Waals surface area (Å²) in [5, 5.41) is 2.80. The zero-order chi connectivity index (χ0) is 20.0. The maximum absolute atomic E-state index is 12.5. The molecule has 0 radical (unpaired) electrons. The minimum atomic E-state index is -0.311. The topological polar surface area (TPSA) is 108 Å². The molecule has 2 aliphatic rings. The molecule has 29 heavy (non-hydrogen) atoms. The summed E-state index contributed by atoms with van der Waals surface area (Å²) in [6.45, 7) is 1.65. The van der Waals surface area contributed by atoms with Crippen LogP contribution in [0.3, 0.4) is 0 Å². The number of fused-ring (bicyclic) bond motifs is 2. The highest BCUT2D eigenvalue weighted by Crippen LogP contribution is 2.57. The molecule has 1 aliphatic heterocycles. The number of imidazole rings is 1. The van der Waals surface area contributed by atoms with Gasteiger partial charge in [-0.25, -0.2) is 15.0 Å². The molecule has 148 valence electrons. The number of carbonyl (C=O) groups is 2. The van der Waals surface area contributed by atoms with Gasteiger partial charge in [0.2, 0.25) is 0 Å². The van der Waals surface area contributed by atoms with E-state index in [4.69, 9.17) is 9.47 Å². The molecule has 5 rings (SSSR count). The number of carbonyl (C=O) groups excluding carboxylic acids is 2. The van der Waals surface area contributed by atoms with E-state index < -0.39 is 0 Å². The second-order valence-electron chi connectivity index (χ2n) is 7.30. The van der Waals surface area contributed by atoms with Gasteiger partial charge < -0.3 is 14.8 Å². The Morgan fingerprint density at radius 1 is 1.21 bits per heavy atom. The molecule has 1 amide bonds. The molecule has 9 heteroatoms. The maximum atomic E-state index is 12.5. The molecule has 2 aromatic heterocycles. The first-order chi connectivity index (χ1) is 14.1. The third kappa shape index (κ3) is 3.23. The number of hydrogen-bond donors (Lipinski definition) is 1. The molecule has 1 unspecified atom stereocenters. The summed E-state index contributed by atoms with van der Waals surface area (Å²) < 4.78 is 13.1. The summed E-state index contributed by atoms with van der Waals surface area (Å²) in [5.74, 6) is 0.487. The van der Waals surface area contributed by atoms with E-state index in [0.717, 1.165) is 6.42 Å². The van der Waals surface area contributed by atoms with Crippen molar-refractivity contribution in [3.8, 4) is 0 Å². The molecule has 1 aromatic carbocycles. The van der Waals surface area contributed by atoms with E-state index in [9.17, 15) is 9.59 Å². The number of amides is 1. The molecule has 1 aliphatic carbocycles. The highest BCUT2D eigenvalue weighted by Gasteiger charge is 2.57. The minimum absolute atomic E-state index is 0.120. The molecule has 3 aromatic rings. The fourth-order valence-electron chi connectivity index (χ4n) is 3.91. The molecule has 3 heterocycles. The van der Waals surface area contributed by atoms with Gasteiger partial charge in [0, 0.05) is 18.4 Å². The SMILES string of the molecule is CC(=O)OC[C@@H]1O[C@H](n2cnc3c(NC(=O)c4ccccc4)ncnc32)[C@H]2CC12. The number of anilines is 1. The Kier molecular flexibility index (Phi) is 4.24. The zero-order valence-electron chi connectivity index (χ0n) is 15.7. The maximum Gasteiger partial charge on any atom is 0.302 e.